The Kier molecular flexibility index (Phi) is 4.56. The number of aryl methyl sites for hydroxylation is 1. The molecule has 0 aliphatic rings. The zero-order valence-electron chi connectivity index (χ0n) is 11.9. The van der Waals surface area contributed by atoms with Crippen LogP contribution in [0, 0.1) is 6.92 Å². The summed E-state index contributed by atoms with van der Waals surface area (Å²) < 4.78 is 0. The molecule has 8 heteroatoms. The van der Waals surface area contributed by atoms with E-state index in [0.29, 0.717) is 20.9 Å². The van der Waals surface area contributed by atoms with Crippen LogP contribution in [-0.2, 0) is 0 Å². The summed E-state index contributed by atoms with van der Waals surface area (Å²) in [6, 6.07) is 5.18. The number of carbonyl (C=O) groups is 1. The fourth-order valence-electron chi connectivity index (χ4n) is 1.82. The maximum Gasteiger partial charge on any atom is 0.277 e. The second-order valence-electron chi connectivity index (χ2n) is 4.66. The summed E-state index contributed by atoms with van der Waals surface area (Å²) >= 11 is 13.4. The molecule has 0 radical (unpaired) electrons. The quantitative estimate of drug-likeness (QED) is 0.744. The lowest BCUT2D eigenvalue weighted by atomic mass is 10.2. The van der Waals surface area contributed by atoms with Crippen molar-refractivity contribution >= 4 is 45.6 Å². The van der Waals surface area contributed by atoms with Crippen molar-refractivity contribution in [2.75, 3.05) is 5.32 Å². The number of thiazole rings is 1. The van der Waals surface area contributed by atoms with Crippen LogP contribution in [0.3, 0.4) is 0 Å². The zero-order chi connectivity index (χ0) is 16.4. The summed E-state index contributed by atoms with van der Waals surface area (Å²) in [4.78, 5) is 24.5. The van der Waals surface area contributed by atoms with E-state index in [1.165, 1.54) is 23.7 Å². The molecule has 3 aromatic rings. The van der Waals surface area contributed by atoms with E-state index in [2.05, 4.69) is 20.3 Å². The number of hydrogen-bond acceptors (Lipinski definition) is 5. The number of aromatic nitrogens is 3. The standard InChI is InChI=1S/C15H10Cl2N4OS/c1-8-5-19-12(6-18-8)14(22)21-15-20-13(7-23-15)10-3-2-9(16)4-11(10)17/h2-7H,1H3,(H,20,21,22). The molecule has 1 amide bonds. The Morgan fingerprint density at radius 1 is 1.22 bits per heavy atom. The van der Waals surface area contributed by atoms with Crippen LogP contribution >= 0.6 is 34.5 Å². The number of amides is 1. The van der Waals surface area contributed by atoms with Crippen molar-refractivity contribution in [1.29, 1.82) is 0 Å². The highest BCUT2D eigenvalue weighted by atomic mass is 35.5. The molecule has 0 saturated carbocycles. The minimum Gasteiger partial charge on any atom is -0.296 e. The summed E-state index contributed by atoms with van der Waals surface area (Å²) in [6.07, 6.45) is 2.96. The lowest BCUT2D eigenvalue weighted by Gasteiger charge is -2.02. The van der Waals surface area contributed by atoms with Gasteiger partial charge in [0.2, 0.25) is 0 Å². The van der Waals surface area contributed by atoms with E-state index in [1.54, 1.807) is 25.1 Å². The average molecular weight is 365 g/mol. The van der Waals surface area contributed by atoms with Crippen molar-refractivity contribution in [2.45, 2.75) is 6.92 Å². The van der Waals surface area contributed by atoms with Gasteiger partial charge in [-0.1, -0.05) is 23.2 Å². The van der Waals surface area contributed by atoms with E-state index in [1.807, 2.05) is 5.38 Å². The molecule has 0 bridgehead atoms. The van der Waals surface area contributed by atoms with Gasteiger partial charge in [0, 0.05) is 22.2 Å². The van der Waals surface area contributed by atoms with Gasteiger partial charge in [0.05, 0.1) is 22.6 Å². The van der Waals surface area contributed by atoms with Gasteiger partial charge in [0.25, 0.3) is 5.91 Å². The summed E-state index contributed by atoms with van der Waals surface area (Å²) in [5, 5.41) is 6.02. The van der Waals surface area contributed by atoms with Crippen molar-refractivity contribution in [3.8, 4) is 11.3 Å². The van der Waals surface area contributed by atoms with Gasteiger partial charge in [-0.05, 0) is 25.1 Å². The smallest absolute Gasteiger partial charge is 0.277 e. The number of benzene rings is 1. The molecule has 0 unspecified atom stereocenters. The molecular weight excluding hydrogens is 355 g/mol. The van der Waals surface area contributed by atoms with Gasteiger partial charge < -0.3 is 0 Å². The summed E-state index contributed by atoms with van der Waals surface area (Å²) in [6.45, 7) is 1.80. The summed E-state index contributed by atoms with van der Waals surface area (Å²) in [5.74, 6) is -0.361. The normalized spacial score (nSPS) is 10.6. The average Bonchev–Trinajstić information content (AvgIpc) is 2.96. The van der Waals surface area contributed by atoms with E-state index < -0.39 is 0 Å². The third kappa shape index (κ3) is 3.67. The Balaban J connectivity index is 1.79. The first-order chi connectivity index (χ1) is 11.0. The molecule has 3 rings (SSSR count). The molecule has 1 aromatic carbocycles. The zero-order valence-corrected chi connectivity index (χ0v) is 14.2. The monoisotopic (exact) mass is 364 g/mol. The predicted octanol–water partition coefficient (Wildman–Crippen LogP) is 4.47. The Labute approximate surface area is 146 Å². The van der Waals surface area contributed by atoms with Gasteiger partial charge in [0.15, 0.2) is 5.13 Å². The van der Waals surface area contributed by atoms with E-state index in [-0.39, 0.29) is 11.6 Å². The molecule has 0 fully saturated rings. The van der Waals surface area contributed by atoms with E-state index in [0.717, 1.165) is 11.3 Å². The van der Waals surface area contributed by atoms with Crippen LogP contribution in [0.2, 0.25) is 10.0 Å². The number of nitrogens with zero attached hydrogens (tertiary/aromatic N) is 3. The largest absolute Gasteiger partial charge is 0.296 e. The number of hydrogen-bond donors (Lipinski definition) is 1. The van der Waals surface area contributed by atoms with E-state index in [4.69, 9.17) is 23.2 Å². The van der Waals surface area contributed by atoms with Crippen LogP contribution < -0.4 is 5.32 Å². The molecule has 0 aliphatic heterocycles. The first-order valence-corrected chi connectivity index (χ1v) is 8.17. The molecule has 0 atom stereocenters. The lowest BCUT2D eigenvalue weighted by molar-refractivity contribution is 0.102. The second kappa shape index (κ2) is 6.62. The minimum absolute atomic E-state index is 0.233. The molecule has 5 nitrogen and oxygen atoms in total. The van der Waals surface area contributed by atoms with Crippen LogP contribution in [0.5, 0.6) is 0 Å². The van der Waals surface area contributed by atoms with Crippen molar-refractivity contribution in [3.63, 3.8) is 0 Å². The number of halogens is 2. The van der Waals surface area contributed by atoms with Crippen molar-refractivity contribution in [2.24, 2.45) is 0 Å². The highest BCUT2D eigenvalue weighted by molar-refractivity contribution is 7.14. The number of rotatable bonds is 3. The van der Waals surface area contributed by atoms with Crippen LogP contribution in [0.1, 0.15) is 16.2 Å². The topological polar surface area (TPSA) is 67.8 Å². The van der Waals surface area contributed by atoms with Gasteiger partial charge >= 0.3 is 0 Å². The molecule has 0 aliphatic carbocycles. The maximum absolute atomic E-state index is 12.1. The Hall–Kier alpha value is -2.02. The van der Waals surface area contributed by atoms with Crippen LogP contribution in [-0.4, -0.2) is 20.9 Å². The Morgan fingerprint density at radius 3 is 2.74 bits per heavy atom. The molecule has 0 spiro atoms. The van der Waals surface area contributed by atoms with Crippen LogP contribution in [0.25, 0.3) is 11.3 Å². The Bertz CT molecular complexity index is 864. The predicted molar refractivity (Wildman–Crippen MR) is 92.3 cm³/mol. The second-order valence-corrected chi connectivity index (χ2v) is 6.36. The Morgan fingerprint density at radius 2 is 2.04 bits per heavy atom. The molecule has 2 aromatic heterocycles. The first kappa shape index (κ1) is 15.9. The van der Waals surface area contributed by atoms with Crippen LogP contribution in [0.4, 0.5) is 5.13 Å². The molecular formula is C15H10Cl2N4OS. The minimum atomic E-state index is -0.361. The van der Waals surface area contributed by atoms with Crippen LogP contribution in [0.15, 0.2) is 36.0 Å². The number of nitrogens with one attached hydrogen (secondary N) is 1. The molecule has 0 saturated heterocycles. The highest BCUT2D eigenvalue weighted by Gasteiger charge is 2.13. The van der Waals surface area contributed by atoms with Gasteiger partial charge in [-0.2, -0.15) is 0 Å². The highest BCUT2D eigenvalue weighted by Crippen LogP contribution is 2.32. The van der Waals surface area contributed by atoms with Crippen molar-refractivity contribution in [3.05, 3.63) is 57.4 Å². The third-order valence-corrected chi connectivity index (χ3v) is 4.25. The fraction of sp³-hybridized carbons (Fsp3) is 0.0667. The van der Waals surface area contributed by atoms with Gasteiger partial charge in [-0.25, -0.2) is 9.97 Å². The third-order valence-electron chi connectivity index (χ3n) is 2.95. The molecule has 116 valence electrons. The SMILES string of the molecule is Cc1cnc(C(=O)Nc2nc(-c3ccc(Cl)cc3Cl)cs2)cn1. The van der Waals surface area contributed by atoms with E-state index >= 15 is 0 Å². The maximum atomic E-state index is 12.1. The van der Waals surface area contributed by atoms with Gasteiger partial charge in [0.1, 0.15) is 5.69 Å². The first-order valence-electron chi connectivity index (χ1n) is 6.54. The molecule has 1 N–H and O–H groups in total. The molecule has 2 heterocycles. The van der Waals surface area contributed by atoms with Crippen molar-refractivity contribution < 1.29 is 4.79 Å². The van der Waals surface area contributed by atoms with Crippen molar-refractivity contribution in [1.82, 2.24) is 15.0 Å². The molecule has 23 heavy (non-hydrogen) atoms. The number of carbonyl (C=O) groups excluding carboxylic acids is 1. The lowest BCUT2D eigenvalue weighted by Crippen LogP contribution is -2.13. The van der Waals surface area contributed by atoms with Gasteiger partial charge in [-0.3, -0.25) is 15.1 Å². The summed E-state index contributed by atoms with van der Waals surface area (Å²) in [7, 11) is 0. The summed E-state index contributed by atoms with van der Waals surface area (Å²) in [5.41, 5.74) is 2.40. The van der Waals surface area contributed by atoms with Gasteiger partial charge in [-0.15, -0.1) is 11.3 Å². The fourth-order valence-corrected chi connectivity index (χ4v) is 3.03. The van der Waals surface area contributed by atoms with E-state index in [9.17, 15) is 4.79 Å². The number of anilines is 1.